The van der Waals surface area contributed by atoms with Gasteiger partial charge >= 0.3 is 11.9 Å². The Kier molecular flexibility index (Phi) is 8.13. The van der Waals surface area contributed by atoms with Gasteiger partial charge in [0.25, 0.3) is 5.67 Å². The van der Waals surface area contributed by atoms with Gasteiger partial charge in [-0.25, -0.2) is 13.6 Å². The van der Waals surface area contributed by atoms with Gasteiger partial charge in [-0.1, -0.05) is 48.0 Å². The van der Waals surface area contributed by atoms with Crippen molar-refractivity contribution in [3.63, 3.8) is 0 Å². The predicted octanol–water partition coefficient (Wildman–Crippen LogP) is 6.82. The molecule has 2 unspecified atom stereocenters. The Balaban J connectivity index is 1.74. The van der Waals surface area contributed by atoms with Crippen molar-refractivity contribution in [2.45, 2.75) is 43.9 Å². The molecule has 1 saturated carbocycles. The minimum absolute atomic E-state index is 0.0794. The lowest BCUT2D eigenvalue weighted by molar-refractivity contribution is -0.177. The zero-order valence-corrected chi connectivity index (χ0v) is 21.2. The maximum atomic E-state index is 17.3. The normalized spacial score (nSPS) is 16.2. The second kappa shape index (κ2) is 11.3. The SMILES string of the molecule is COC(=O)C(F)(C(Cc1ccc(F)c(Oc2ccccc2)c1)OC(C)=O)[C@@H](c1ccc(Cl)cc1)C1CC1. The van der Waals surface area contributed by atoms with Gasteiger partial charge in [-0.05, 0) is 66.3 Å². The predicted molar refractivity (Wildman–Crippen MR) is 135 cm³/mol. The molecule has 1 aliphatic rings. The average molecular weight is 529 g/mol. The Morgan fingerprint density at radius 3 is 2.32 bits per heavy atom. The fourth-order valence-corrected chi connectivity index (χ4v) is 4.76. The number of hydrogen-bond acceptors (Lipinski definition) is 5. The number of alkyl halides is 1. The van der Waals surface area contributed by atoms with Gasteiger partial charge in [0.05, 0.1) is 7.11 Å². The fourth-order valence-electron chi connectivity index (χ4n) is 4.63. The molecule has 37 heavy (non-hydrogen) atoms. The number of esters is 2. The molecule has 0 aliphatic heterocycles. The Morgan fingerprint density at radius 1 is 1.05 bits per heavy atom. The van der Waals surface area contributed by atoms with Gasteiger partial charge in [0.15, 0.2) is 17.7 Å². The molecule has 0 N–H and O–H groups in total. The van der Waals surface area contributed by atoms with Crippen LogP contribution in [0.2, 0.25) is 5.02 Å². The first-order valence-corrected chi connectivity index (χ1v) is 12.3. The molecule has 5 nitrogen and oxygen atoms in total. The number of ether oxygens (including phenoxy) is 3. The third-order valence-corrected chi connectivity index (χ3v) is 6.69. The van der Waals surface area contributed by atoms with Crippen LogP contribution in [0.5, 0.6) is 11.5 Å². The average Bonchev–Trinajstić information content (AvgIpc) is 3.71. The highest BCUT2D eigenvalue weighted by Gasteiger charge is 2.60. The second-order valence-corrected chi connectivity index (χ2v) is 9.54. The van der Waals surface area contributed by atoms with Crippen molar-refractivity contribution in [2.24, 2.45) is 5.92 Å². The van der Waals surface area contributed by atoms with Crippen LogP contribution in [-0.2, 0) is 25.5 Å². The molecule has 0 heterocycles. The molecule has 8 heteroatoms. The van der Waals surface area contributed by atoms with E-state index in [1.807, 2.05) is 0 Å². The number of halogens is 3. The molecule has 1 aliphatic carbocycles. The van der Waals surface area contributed by atoms with Crippen molar-refractivity contribution in [1.29, 1.82) is 0 Å². The summed E-state index contributed by atoms with van der Waals surface area (Å²) in [5.74, 6) is -3.29. The van der Waals surface area contributed by atoms with Gasteiger partial charge in [-0.3, -0.25) is 4.79 Å². The van der Waals surface area contributed by atoms with Gasteiger partial charge < -0.3 is 14.2 Å². The lowest BCUT2D eigenvalue weighted by Crippen LogP contribution is -2.54. The van der Waals surface area contributed by atoms with Gasteiger partial charge in [0.2, 0.25) is 0 Å². The Labute approximate surface area is 219 Å². The number of rotatable bonds is 10. The summed E-state index contributed by atoms with van der Waals surface area (Å²) in [6.45, 7) is 1.15. The van der Waals surface area contributed by atoms with E-state index in [4.69, 9.17) is 25.8 Å². The van der Waals surface area contributed by atoms with Crippen LogP contribution in [0.4, 0.5) is 8.78 Å². The highest BCUT2D eigenvalue weighted by atomic mass is 35.5. The largest absolute Gasteiger partial charge is 0.467 e. The molecule has 1 fully saturated rings. The first kappa shape index (κ1) is 26.6. The van der Waals surface area contributed by atoms with E-state index in [1.54, 1.807) is 54.6 Å². The van der Waals surface area contributed by atoms with Crippen molar-refractivity contribution >= 4 is 23.5 Å². The summed E-state index contributed by atoms with van der Waals surface area (Å²) in [4.78, 5) is 25.2. The van der Waals surface area contributed by atoms with Crippen LogP contribution in [-0.4, -0.2) is 30.8 Å². The standard InChI is InChI=1S/C29H27ClF2O5/c1-18(33)36-26(17-19-8-15-24(31)25(16-19)37-23-6-4-3-5-7-23)29(32,28(34)35-2)27(20-9-10-20)21-11-13-22(30)14-12-21/h3-8,11-16,20,26-27H,9-10,17H2,1-2H3/t26?,27-,29?/m1/s1. The number of para-hydroxylation sites is 1. The van der Waals surface area contributed by atoms with Gasteiger partial charge in [-0.15, -0.1) is 0 Å². The third kappa shape index (κ3) is 6.10. The first-order chi connectivity index (χ1) is 17.7. The molecular weight excluding hydrogens is 502 g/mol. The fraction of sp³-hybridized carbons (Fsp3) is 0.310. The Morgan fingerprint density at radius 2 is 1.73 bits per heavy atom. The molecule has 3 atom stereocenters. The highest BCUT2D eigenvalue weighted by Crippen LogP contribution is 2.52. The lowest BCUT2D eigenvalue weighted by Gasteiger charge is -2.37. The van der Waals surface area contributed by atoms with E-state index < -0.39 is 35.4 Å². The van der Waals surface area contributed by atoms with E-state index in [0.29, 0.717) is 34.7 Å². The van der Waals surface area contributed by atoms with Crippen molar-refractivity contribution in [3.05, 3.63) is 94.8 Å². The van der Waals surface area contributed by atoms with E-state index in [0.717, 1.165) is 14.0 Å². The molecule has 0 radical (unpaired) electrons. The molecule has 194 valence electrons. The van der Waals surface area contributed by atoms with E-state index in [1.165, 1.54) is 18.2 Å². The van der Waals surface area contributed by atoms with Crippen molar-refractivity contribution in [3.8, 4) is 11.5 Å². The van der Waals surface area contributed by atoms with Crippen LogP contribution < -0.4 is 4.74 Å². The van der Waals surface area contributed by atoms with Gasteiger partial charge in [0.1, 0.15) is 5.75 Å². The number of methoxy groups -OCH3 is 1. The van der Waals surface area contributed by atoms with Crippen LogP contribution in [0.15, 0.2) is 72.8 Å². The smallest absolute Gasteiger partial charge is 0.348 e. The van der Waals surface area contributed by atoms with E-state index in [-0.39, 0.29) is 18.1 Å². The lowest BCUT2D eigenvalue weighted by atomic mass is 9.75. The zero-order valence-electron chi connectivity index (χ0n) is 20.5. The van der Waals surface area contributed by atoms with Gasteiger partial charge in [0, 0.05) is 24.3 Å². The van der Waals surface area contributed by atoms with Crippen LogP contribution in [0, 0.1) is 11.7 Å². The Bertz CT molecular complexity index is 1250. The van der Waals surface area contributed by atoms with Crippen molar-refractivity contribution in [1.82, 2.24) is 0 Å². The van der Waals surface area contributed by atoms with Crippen molar-refractivity contribution < 1.29 is 32.6 Å². The van der Waals surface area contributed by atoms with E-state index in [9.17, 15) is 14.0 Å². The van der Waals surface area contributed by atoms with Crippen LogP contribution in [0.1, 0.15) is 36.8 Å². The number of benzene rings is 3. The number of carbonyl (C=O) groups excluding carboxylic acids is 2. The summed E-state index contributed by atoms with van der Waals surface area (Å²) in [5.41, 5.74) is -1.76. The second-order valence-electron chi connectivity index (χ2n) is 9.11. The summed E-state index contributed by atoms with van der Waals surface area (Å²) in [5, 5.41) is 0.467. The molecule has 0 aromatic heterocycles. The van der Waals surface area contributed by atoms with Crippen LogP contribution in [0.3, 0.4) is 0 Å². The number of carbonyl (C=O) groups is 2. The summed E-state index contributed by atoms with van der Waals surface area (Å²) in [6.07, 6.45) is -0.357. The zero-order chi connectivity index (χ0) is 26.6. The minimum Gasteiger partial charge on any atom is -0.467 e. The molecule has 0 bridgehead atoms. The number of hydrogen-bond donors (Lipinski definition) is 0. The Hall–Kier alpha value is -3.45. The van der Waals surface area contributed by atoms with E-state index >= 15 is 4.39 Å². The summed E-state index contributed by atoms with van der Waals surface area (Å²) < 4.78 is 47.9. The van der Waals surface area contributed by atoms with E-state index in [2.05, 4.69) is 0 Å². The van der Waals surface area contributed by atoms with Gasteiger partial charge in [-0.2, -0.15) is 0 Å². The highest BCUT2D eigenvalue weighted by molar-refractivity contribution is 6.30. The molecule has 3 aromatic rings. The molecule has 3 aromatic carbocycles. The van der Waals surface area contributed by atoms with Crippen LogP contribution in [0.25, 0.3) is 0 Å². The first-order valence-electron chi connectivity index (χ1n) is 11.9. The molecule has 0 spiro atoms. The molecule has 0 amide bonds. The molecule has 4 rings (SSSR count). The maximum Gasteiger partial charge on any atom is 0.348 e. The van der Waals surface area contributed by atoms with Crippen LogP contribution >= 0.6 is 11.6 Å². The van der Waals surface area contributed by atoms with Crippen molar-refractivity contribution in [2.75, 3.05) is 7.11 Å². The quantitative estimate of drug-likeness (QED) is 0.270. The molecular formula is C29H27ClF2O5. The topological polar surface area (TPSA) is 61.8 Å². The minimum atomic E-state index is -2.72. The third-order valence-electron chi connectivity index (χ3n) is 6.44. The summed E-state index contributed by atoms with van der Waals surface area (Å²) in [6, 6.07) is 19.2. The monoisotopic (exact) mass is 528 g/mol. The summed E-state index contributed by atoms with van der Waals surface area (Å²) >= 11 is 6.04. The maximum absolute atomic E-state index is 17.3. The molecule has 0 saturated heterocycles. The summed E-state index contributed by atoms with van der Waals surface area (Å²) in [7, 11) is 1.09.